The predicted octanol–water partition coefficient (Wildman–Crippen LogP) is 1.98. The van der Waals surface area contributed by atoms with Crippen molar-refractivity contribution >= 4 is 26.0 Å². The van der Waals surface area contributed by atoms with E-state index in [4.69, 9.17) is 4.74 Å². The molecule has 0 unspecified atom stereocenters. The van der Waals surface area contributed by atoms with E-state index in [2.05, 4.69) is 20.1 Å². The maximum Gasteiger partial charge on any atom is 0.264 e. The van der Waals surface area contributed by atoms with Crippen LogP contribution in [0.15, 0.2) is 22.7 Å². The molecular weight excluding hydrogens is 296 g/mol. The number of methoxy groups -OCH3 is 1. The van der Waals surface area contributed by atoms with Gasteiger partial charge in [0.25, 0.3) is 10.1 Å². The third-order valence-electron chi connectivity index (χ3n) is 1.90. The summed E-state index contributed by atoms with van der Waals surface area (Å²) in [5, 5.41) is 0. The largest absolute Gasteiger partial charge is 0.496 e. The van der Waals surface area contributed by atoms with Gasteiger partial charge in [0.05, 0.1) is 24.4 Å². The summed E-state index contributed by atoms with van der Waals surface area (Å²) in [5.41, 5.74) is 0.983. The van der Waals surface area contributed by atoms with Crippen LogP contribution in [-0.2, 0) is 20.7 Å². The molecule has 0 spiro atoms. The highest BCUT2D eigenvalue weighted by molar-refractivity contribution is 9.10. The van der Waals surface area contributed by atoms with Gasteiger partial charge in [0.2, 0.25) is 0 Å². The van der Waals surface area contributed by atoms with Crippen molar-refractivity contribution in [2.75, 3.05) is 20.0 Å². The predicted molar refractivity (Wildman–Crippen MR) is 65.2 cm³/mol. The van der Waals surface area contributed by atoms with Gasteiger partial charge in [-0.1, -0.05) is 6.07 Å². The normalized spacial score (nSPS) is 11.4. The fourth-order valence-corrected chi connectivity index (χ4v) is 2.15. The molecule has 0 aromatic heterocycles. The molecule has 0 amide bonds. The molecule has 0 saturated carbocycles. The van der Waals surface area contributed by atoms with Gasteiger partial charge in [0.1, 0.15) is 5.75 Å². The molecule has 0 fully saturated rings. The van der Waals surface area contributed by atoms with Gasteiger partial charge in [0.15, 0.2) is 0 Å². The molecule has 1 aromatic rings. The SMILES string of the molecule is COc1ccc(CCOS(C)(=O)=O)cc1Br. The summed E-state index contributed by atoms with van der Waals surface area (Å²) in [6.45, 7) is 0.150. The van der Waals surface area contributed by atoms with E-state index >= 15 is 0 Å². The molecule has 0 aliphatic heterocycles. The van der Waals surface area contributed by atoms with E-state index in [1.807, 2.05) is 18.2 Å². The van der Waals surface area contributed by atoms with Crippen molar-refractivity contribution in [3.05, 3.63) is 28.2 Å². The summed E-state index contributed by atoms with van der Waals surface area (Å²) in [6, 6.07) is 5.57. The van der Waals surface area contributed by atoms with Crippen molar-refractivity contribution in [2.24, 2.45) is 0 Å². The summed E-state index contributed by atoms with van der Waals surface area (Å²) in [6.07, 6.45) is 1.58. The van der Waals surface area contributed by atoms with Gasteiger partial charge in [-0.2, -0.15) is 8.42 Å². The van der Waals surface area contributed by atoms with E-state index in [-0.39, 0.29) is 6.61 Å². The van der Waals surface area contributed by atoms with Gasteiger partial charge in [-0.15, -0.1) is 0 Å². The first-order valence-electron chi connectivity index (χ1n) is 4.59. The van der Waals surface area contributed by atoms with Gasteiger partial charge in [-0.05, 0) is 40.0 Å². The van der Waals surface area contributed by atoms with Crippen LogP contribution in [0.25, 0.3) is 0 Å². The molecule has 0 heterocycles. The van der Waals surface area contributed by atoms with Crippen molar-refractivity contribution in [3.63, 3.8) is 0 Å². The van der Waals surface area contributed by atoms with Gasteiger partial charge < -0.3 is 4.74 Å². The Morgan fingerprint density at radius 1 is 1.38 bits per heavy atom. The lowest BCUT2D eigenvalue weighted by molar-refractivity contribution is 0.326. The summed E-state index contributed by atoms with van der Waals surface area (Å²) >= 11 is 3.35. The quantitative estimate of drug-likeness (QED) is 0.781. The molecule has 0 aliphatic carbocycles. The van der Waals surface area contributed by atoms with E-state index in [0.29, 0.717) is 6.42 Å². The fourth-order valence-electron chi connectivity index (χ4n) is 1.18. The van der Waals surface area contributed by atoms with E-state index in [0.717, 1.165) is 22.0 Å². The van der Waals surface area contributed by atoms with Crippen LogP contribution >= 0.6 is 15.9 Å². The highest BCUT2D eigenvalue weighted by atomic mass is 79.9. The average molecular weight is 309 g/mol. The van der Waals surface area contributed by atoms with Crippen molar-refractivity contribution in [1.29, 1.82) is 0 Å². The molecular formula is C10H13BrO4S. The van der Waals surface area contributed by atoms with Gasteiger partial charge in [-0.25, -0.2) is 0 Å². The summed E-state index contributed by atoms with van der Waals surface area (Å²) in [7, 11) is -1.76. The topological polar surface area (TPSA) is 52.6 Å². The standard InChI is InChI=1S/C10H13BrO4S/c1-14-10-4-3-8(7-9(10)11)5-6-15-16(2,12)13/h3-4,7H,5-6H2,1-2H3. The molecule has 0 atom stereocenters. The minimum absolute atomic E-state index is 0.150. The average Bonchev–Trinajstić information content (AvgIpc) is 2.16. The lowest BCUT2D eigenvalue weighted by Crippen LogP contribution is -2.06. The maximum absolute atomic E-state index is 10.7. The summed E-state index contributed by atoms with van der Waals surface area (Å²) in [5.74, 6) is 0.743. The fraction of sp³-hybridized carbons (Fsp3) is 0.400. The highest BCUT2D eigenvalue weighted by Crippen LogP contribution is 2.25. The van der Waals surface area contributed by atoms with Crippen LogP contribution in [0.1, 0.15) is 5.56 Å². The number of rotatable bonds is 5. The zero-order chi connectivity index (χ0) is 12.2. The Labute approximate surface area is 104 Å². The third-order valence-corrected chi connectivity index (χ3v) is 3.12. The molecule has 0 saturated heterocycles. The van der Waals surface area contributed by atoms with Crippen LogP contribution in [0.4, 0.5) is 0 Å². The zero-order valence-corrected chi connectivity index (χ0v) is 11.5. The number of halogens is 1. The van der Waals surface area contributed by atoms with E-state index in [1.54, 1.807) is 7.11 Å². The Balaban J connectivity index is 2.59. The molecule has 6 heteroatoms. The smallest absolute Gasteiger partial charge is 0.264 e. The molecule has 0 bridgehead atoms. The van der Waals surface area contributed by atoms with Crippen molar-refractivity contribution < 1.29 is 17.3 Å². The second-order valence-electron chi connectivity index (χ2n) is 3.24. The Morgan fingerprint density at radius 2 is 2.06 bits per heavy atom. The Kier molecular flexibility index (Phi) is 4.76. The molecule has 0 aliphatic rings. The molecule has 1 rings (SSSR count). The van der Waals surface area contributed by atoms with Crippen LogP contribution < -0.4 is 4.74 Å². The highest BCUT2D eigenvalue weighted by Gasteiger charge is 2.04. The molecule has 0 N–H and O–H groups in total. The lowest BCUT2D eigenvalue weighted by atomic mass is 10.1. The van der Waals surface area contributed by atoms with Crippen LogP contribution in [0.2, 0.25) is 0 Å². The molecule has 0 radical (unpaired) electrons. The molecule has 4 nitrogen and oxygen atoms in total. The maximum atomic E-state index is 10.7. The molecule has 16 heavy (non-hydrogen) atoms. The monoisotopic (exact) mass is 308 g/mol. The van der Waals surface area contributed by atoms with Crippen LogP contribution in [0, 0.1) is 0 Å². The number of hydrogen-bond acceptors (Lipinski definition) is 4. The van der Waals surface area contributed by atoms with E-state index in [1.165, 1.54) is 0 Å². The third kappa shape index (κ3) is 4.51. The minimum atomic E-state index is -3.35. The second kappa shape index (κ2) is 5.65. The minimum Gasteiger partial charge on any atom is -0.496 e. The second-order valence-corrected chi connectivity index (χ2v) is 5.74. The summed E-state index contributed by atoms with van der Waals surface area (Å²) < 4.78 is 32.1. The summed E-state index contributed by atoms with van der Waals surface area (Å²) in [4.78, 5) is 0. The van der Waals surface area contributed by atoms with Crippen molar-refractivity contribution in [1.82, 2.24) is 0 Å². The Bertz CT molecular complexity index is 456. The van der Waals surface area contributed by atoms with E-state index in [9.17, 15) is 8.42 Å². The number of ether oxygens (including phenoxy) is 1. The van der Waals surface area contributed by atoms with E-state index < -0.39 is 10.1 Å². The first-order valence-corrected chi connectivity index (χ1v) is 7.20. The number of benzene rings is 1. The van der Waals surface area contributed by atoms with Crippen molar-refractivity contribution in [2.45, 2.75) is 6.42 Å². The molecule has 90 valence electrons. The van der Waals surface area contributed by atoms with Crippen molar-refractivity contribution in [3.8, 4) is 5.75 Å². The van der Waals surface area contributed by atoms with Crippen LogP contribution in [-0.4, -0.2) is 28.4 Å². The lowest BCUT2D eigenvalue weighted by Gasteiger charge is -2.06. The van der Waals surface area contributed by atoms with Gasteiger partial charge in [-0.3, -0.25) is 4.18 Å². The zero-order valence-electron chi connectivity index (χ0n) is 9.07. The first-order chi connectivity index (χ1) is 7.42. The number of hydrogen-bond donors (Lipinski definition) is 0. The Morgan fingerprint density at radius 3 is 2.56 bits per heavy atom. The van der Waals surface area contributed by atoms with Gasteiger partial charge >= 0.3 is 0 Å². The Hall–Kier alpha value is -0.590. The first kappa shape index (κ1) is 13.5. The van der Waals surface area contributed by atoms with Gasteiger partial charge in [0, 0.05) is 0 Å². The molecule has 1 aromatic carbocycles. The van der Waals surface area contributed by atoms with Crippen LogP contribution in [0.5, 0.6) is 5.75 Å². The van der Waals surface area contributed by atoms with Crippen LogP contribution in [0.3, 0.4) is 0 Å².